The summed E-state index contributed by atoms with van der Waals surface area (Å²) in [5.74, 6) is 1.53. The zero-order chi connectivity index (χ0) is 17.1. The first-order chi connectivity index (χ1) is 12.3. The number of aromatic nitrogens is 4. The lowest BCUT2D eigenvalue weighted by atomic mass is 9.98. The van der Waals surface area contributed by atoms with E-state index in [1.54, 1.807) is 18.5 Å². The lowest BCUT2D eigenvalue weighted by Crippen LogP contribution is -2.36. The molecule has 0 unspecified atom stereocenters. The summed E-state index contributed by atoms with van der Waals surface area (Å²) in [6.07, 6.45) is 5.54. The van der Waals surface area contributed by atoms with E-state index >= 15 is 0 Å². The van der Waals surface area contributed by atoms with Crippen molar-refractivity contribution in [1.29, 1.82) is 0 Å². The Morgan fingerprint density at radius 2 is 1.68 bits per heavy atom. The molecule has 1 fully saturated rings. The Kier molecular flexibility index (Phi) is 4.41. The zero-order valence-corrected chi connectivity index (χ0v) is 14.3. The van der Waals surface area contributed by atoms with Gasteiger partial charge in [0.25, 0.3) is 0 Å². The normalized spacial score (nSPS) is 15.5. The predicted molar refractivity (Wildman–Crippen MR) is 96.7 cm³/mol. The first kappa shape index (κ1) is 15.7. The molecule has 0 amide bonds. The fourth-order valence-electron chi connectivity index (χ4n) is 3.24. The number of hydrogen-bond donors (Lipinski definition) is 0. The highest BCUT2D eigenvalue weighted by Gasteiger charge is 2.22. The standard InChI is InChI=1S/C19H21N5O/c1-14-18(23-17-6-3-2-5-16(17)22-14)24-11-7-15(8-12-24)13-25-19-20-9-4-10-21-19/h2-6,9-10,15H,7-8,11-13H2,1H3. The number of piperidine rings is 1. The molecule has 1 aromatic carbocycles. The maximum absolute atomic E-state index is 5.70. The van der Waals surface area contributed by atoms with E-state index in [0.717, 1.165) is 48.5 Å². The first-order valence-corrected chi connectivity index (χ1v) is 8.68. The summed E-state index contributed by atoms with van der Waals surface area (Å²) in [6.45, 7) is 4.64. The summed E-state index contributed by atoms with van der Waals surface area (Å²) in [7, 11) is 0. The van der Waals surface area contributed by atoms with E-state index < -0.39 is 0 Å². The van der Waals surface area contributed by atoms with Crippen LogP contribution in [0.1, 0.15) is 18.5 Å². The van der Waals surface area contributed by atoms with Crippen molar-refractivity contribution < 1.29 is 4.74 Å². The summed E-state index contributed by atoms with van der Waals surface area (Å²) in [5.41, 5.74) is 2.90. The molecule has 0 saturated carbocycles. The molecule has 25 heavy (non-hydrogen) atoms. The lowest BCUT2D eigenvalue weighted by Gasteiger charge is -2.33. The Hall–Kier alpha value is -2.76. The van der Waals surface area contributed by atoms with Crippen molar-refractivity contribution in [3.63, 3.8) is 0 Å². The third-order valence-electron chi connectivity index (χ3n) is 4.62. The van der Waals surface area contributed by atoms with Gasteiger partial charge < -0.3 is 9.64 Å². The van der Waals surface area contributed by atoms with Crippen LogP contribution in [0, 0.1) is 12.8 Å². The molecule has 0 spiro atoms. The monoisotopic (exact) mass is 335 g/mol. The predicted octanol–water partition coefficient (Wildman–Crippen LogP) is 3.02. The van der Waals surface area contributed by atoms with Crippen molar-refractivity contribution in [2.45, 2.75) is 19.8 Å². The van der Waals surface area contributed by atoms with Crippen LogP contribution in [0.3, 0.4) is 0 Å². The van der Waals surface area contributed by atoms with Gasteiger partial charge in [-0.3, -0.25) is 0 Å². The van der Waals surface area contributed by atoms with E-state index in [1.165, 1.54) is 0 Å². The molecular formula is C19H21N5O. The van der Waals surface area contributed by atoms with Crippen molar-refractivity contribution >= 4 is 16.9 Å². The fraction of sp³-hybridized carbons (Fsp3) is 0.368. The van der Waals surface area contributed by atoms with Crippen molar-refractivity contribution in [2.75, 3.05) is 24.6 Å². The van der Waals surface area contributed by atoms with Gasteiger partial charge in [-0.25, -0.2) is 19.9 Å². The summed E-state index contributed by atoms with van der Waals surface area (Å²) in [6, 6.07) is 10.3. The molecule has 0 N–H and O–H groups in total. The second-order valence-corrected chi connectivity index (χ2v) is 6.39. The van der Waals surface area contributed by atoms with E-state index in [-0.39, 0.29) is 0 Å². The van der Waals surface area contributed by atoms with Gasteiger partial charge in [0.15, 0.2) is 5.82 Å². The van der Waals surface area contributed by atoms with E-state index in [1.807, 2.05) is 31.2 Å². The van der Waals surface area contributed by atoms with Crippen LogP contribution in [0.15, 0.2) is 42.7 Å². The van der Waals surface area contributed by atoms with Crippen LogP contribution in [-0.2, 0) is 0 Å². The van der Waals surface area contributed by atoms with Crippen molar-refractivity contribution in [2.24, 2.45) is 5.92 Å². The van der Waals surface area contributed by atoms with E-state index in [0.29, 0.717) is 18.5 Å². The van der Waals surface area contributed by atoms with Gasteiger partial charge in [0.2, 0.25) is 0 Å². The van der Waals surface area contributed by atoms with Crippen molar-refractivity contribution in [3.05, 3.63) is 48.4 Å². The average molecular weight is 335 g/mol. The minimum absolute atomic E-state index is 0.459. The largest absolute Gasteiger partial charge is 0.463 e. The van der Waals surface area contributed by atoms with Gasteiger partial charge in [-0.15, -0.1) is 0 Å². The molecule has 6 heteroatoms. The highest BCUT2D eigenvalue weighted by atomic mass is 16.5. The van der Waals surface area contributed by atoms with Crippen LogP contribution in [0.25, 0.3) is 11.0 Å². The van der Waals surface area contributed by atoms with E-state index in [9.17, 15) is 0 Å². The Morgan fingerprint density at radius 1 is 1.00 bits per heavy atom. The van der Waals surface area contributed by atoms with Crippen molar-refractivity contribution in [1.82, 2.24) is 19.9 Å². The number of ether oxygens (including phenoxy) is 1. The van der Waals surface area contributed by atoms with Crippen LogP contribution in [0.4, 0.5) is 5.82 Å². The van der Waals surface area contributed by atoms with Crippen LogP contribution >= 0.6 is 0 Å². The number of para-hydroxylation sites is 2. The minimum atomic E-state index is 0.459. The number of fused-ring (bicyclic) bond motifs is 1. The van der Waals surface area contributed by atoms with Gasteiger partial charge >= 0.3 is 6.01 Å². The molecule has 0 atom stereocenters. The third-order valence-corrected chi connectivity index (χ3v) is 4.62. The Bertz CT molecular complexity index is 847. The smallest absolute Gasteiger partial charge is 0.316 e. The van der Waals surface area contributed by atoms with Crippen LogP contribution in [-0.4, -0.2) is 39.6 Å². The second-order valence-electron chi connectivity index (χ2n) is 6.39. The van der Waals surface area contributed by atoms with Gasteiger partial charge in [0.1, 0.15) is 0 Å². The Labute approximate surface area is 146 Å². The molecule has 3 heterocycles. The summed E-state index contributed by atoms with van der Waals surface area (Å²) < 4.78 is 5.70. The van der Waals surface area contributed by atoms with Crippen LogP contribution in [0.5, 0.6) is 6.01 Å². The van der Waals surface area contributed by atoms with Crippen LogP contribution in [0.2, 0.25) is 0 Å². The quantitative estimate of drug-likeness (QED) is 0.730. The molecule has 6 nitrogen and oxygen atoms in total. The SMILES string of the molecule is Cc1nc2ccccc2nc1N1CCC(COc2ncccn2)CC1. The molecule has 0 aliphatic carbocycles. The highest BCUT2D eigenvalue weighted by Crippen LogP contribution is 2.25. The number of aryl methyl sites for hydroxylation is 1. The van der Waals surface area contributed by atoms with Gasteiger partial charge in [-0.2, -0.15) is 0 Å². The topological polar surface area (TPSA) is 64.0 Å². The lowest BCUT2D eigenvalue weighted by molar-refractivity contribution is 0.208. The Balaban J connectivity index is 1.39. The van der Waals surface area contributed by atoms with E-state index in [4.69, 9.17) is 14.7 Å². The van der Waals surface area contributed by atoms with E-state index in [2.05, 4.69) is 14.9 Å². The molecule has 2 aromatic heterocycles. The first-order valence-electron chi connectivity index (χ1n) is 8.68. The summed E-state index contributed by atoms with van der Waals surface area (Å²) >= 11 is 0. The van der Waals surface area contributed by atoms with Crippen molar-refractivity contribution in [3.8, 4) is 6.01 Å². The summed E-state index contributed by atoms with van der Waals surface area (Å²) in [4.78, 5) is 20.1. The number of anilines is 1. The molecule has 128 valence electrons. The average Bonchev–Trinajstić information content (AvgIpc) is 2.67. The van der Waals surface area contributed by atoms with Crippen LogP contribution < -0.4 is 9.64 Å². The van der Waals surface area contributed by atoms with Gasteiger partial charge in [-0.05, 0) is 43.9 Å². The molecule has 0 radical (unpaired) electrons. The zero-order valence-electron chi connectivity index (χ0n) is 14.3. The third kappa shape index (κ3) is 3.52. The van der Waals surface area contributed by atoms with Gasteiger partial charge in [0.05, 0.1) is 23.3 Å². The Morgan fingerprint density at radius 3 is 2.40 bits per heavy atom. The molecule has 3 aromatic rings. The molecule has 4 rings (SSSR count). The minimum Gasteiger partial charge on any atom is -0.463 e. The molecule has 0 bridgehead atoms. The van der Waals surface area contributed by atoms with Gasteiger partial charge in [-0.1, -0.05) is 12.1 Å². The number of rotatable bonds is 4. The number of hydrogen-bond acceptors (Lipinski definition) is 6. The fourth-order valence-corrected chi connectivity index (χ4v) is 3.24. The summed E-state index contributed by atoms with van der Waals surface area (Å²) in [5, 5.41) is 0. The molecule has 1 aliphatic heterocycles. The maximum atomic E-state index is 5.70. The second kappa shape index (κ2) is 7.01. The highest BCUT2D eigenvalue weighted by molar-refractivity contribution is 5.76. The molecule has 1 saturated heterocycles. The maximum Gasteiger partial charge on any atom is 0.316 e. The number of nitrogens with zero attached hydrogens (tertiary/aromatic N) is 5. The number of benzene rings is 1. The molecular weight excluding hydrogens is 314 g/mol. The van der Waals surface area contributed by atoms with Gasteiger partial charge in [0, 0.05) is 25.5 Å². The molecule has 1 aliphatic rings.